The molecule has 68 valence electrons. The number of hydrogen-bond donors (Lipinski definition) is 0. The monoisotopic (exact) mass is 173 g/mol. The third-order valence-electron chi connectivity index (χ3n) is 2.54. The van der Waals surface area contributed by atoms with Crippen molar-refractivity contribution >= 4 is 5.91 Å². The van der Waals surface area contributed by atoms with Gasteiger partial charge in [-0.05, 0) is 20.3 Å². The number of fused-ring (bicyclic) bond motifs is 1. The number of ether oxygens (including phenoxy) is 1. The van der Waals surface area contributed by atoms with Crippen molar-refractivity contribution in [2.45, 2.75) is 44.8 Å². The van der Waals surface area contributed by atoms with Crippen molar-refractivity contribution in [2.75, 3.05) is 0 Å². The highest BCUT2D eigenvalue weighted by Crippen LogP contribution is 2.39. The van der Waals surface area contributed by atoms with Gasteiger partial charge in [-0.2, -0.15) is 0 Å². The maximum Gasteiger partial charge on any atom is 0.225 e. The summed E-state index contributed by atoms with van der Waals surface area (Å²) in [6.45, 7) is 3.45. The Morgan fingerprint density at radius 2 is 2.33 bits per heavy atom. The van der Waals surface area contributed by atoms with Gasteiger partial charge in [-0.25, -0.2) is 4.39 Å². The van der Waals surface area contributed by atoms with Gasteiger partial charge in [0, 0.05) is 6.42 Å². The summed E-state index contributed by atoms with van der Waals surface area (Å²) in [7, 11) is 0. The number of alkyl halides is 1. The van der Waals surface area contributed by atoms with E-state index >= 15 is 0 Å². The van der Waals surface area contributed by atoms with Crippen molar-refractivity contribution < 1.29 is 13.9 Å². The van der Waals surface area contributed by atoms with Gasteiger partial charge in [-0.15, -0.1) is 0 Å². The lowest BCUT2D eigenvalue weighted by molar-refractivity contribution is -0.148. The number of carbonyl (C=O) groups excluding carboxylic acids is 1. The molecule has 0 radical (unpaired) electrons. The molecule has 0 spiro atoms. The van der Waals surface area contributed by atoms with Crippen LogP contribution in [0.4, 0.5) is 4.39 Å². The summed E-state index contributed by atoms with van der Waals surface area (Å²) >= 11 is 0. The van der Waals surface area contributed by atoms with Crippen LogP contribution < -0.4 is 0 Å². The summed E-state index contributed by atoms with van der Waals surface area (Å²) < 4.78 is 18.2. The van der Waals surface area contributed by atoms with E-state index in [1.807, 2.05) is 0 Å². The minimum absolute atomic E-state index is 0.00477. The molecule has 2 saturated heterocycles. The first-order valence-electron chi connectivity index (χ1n) is 4.16. The second-order valence-corrected chi connectivity index (χ2v) is 3.79. The molecule has 0 N–H and O–H groups in total. The van der Waals surface area contributed by atoms with Crippen LogP contribution in [0.2, 0.25) is 0 Å². The first kappa shape index (κ1) is 7.98. The lowest BCUT2D eigenvalue weighted by Crippen LogP contribution is -2.43. The molecule has 0 aromatic heterocycles. The highest BCUT2D eigenvalue weighted by molar-refractivity contribution is 5.79. The van der Waals surface area contributed by atoms with Gasteiger partial charge in [0.25, 0.3) is 0 Å². The maximum atomic E-state index is 13.1. The van der Waals surface area contributed by atoms with Crippen LogP contribution >= 0.6 is 0 Å². The Balaban J connectivity index is 2.30. The molecule has 2 aliphatic heterocycles. The van der Waals surface area contributed by atoms with Gasteiger partial charge in [0.15, 0.2) is 0 Å². The van der Waals surface area contributed by atoms with Crippen molar-refractivity contribution in [1.82, 2.24) is 4.90 Å². The number of amides is 1. The first-order chi connectivity index (χ1) is 5.52. The average molecular weight is 173 g/mol. The smallest absolute Gasteiger partial charge is 0.225 e. The van der Waals surface area contributed by atoms with Crippen LogP contribution in [0, 0.1) is 0 Å². The molecule has 0 aliphatic carbocycles. The Kier molecular flexibility index (Phi) is 1.46. The zero-order valence-electron chi connectivity index (χ0n) is 7.21. The molecule has 0 aromatic carbocycles. The van der Waals surface area contributed by atoms with E-state index in [1.165, 1.54) is 4.90 Å². The third-order valence-corrected chi connectivity index (χ3v) is 2.54. The van der Waals surface area contributed by atoms with Crippen molar-refractivity contribution in [2.24, 2.45) is 0 Å². The summed E-state index contributed by atoms with van der Waals surface area (Å²) in [5.74, 6) is 0.00477. The zero-order valence-corrected chi connectivity index (χ0v) is 7.21. The van der Waals surface area contributed by atoms with E-state index in [1.54, 1.807) is 13.8 Å². The quantitative estimate of drug-likeness (QED) is 0.547. The maximum absolute atomic E-state index is 13.1. The average Bonchev–Trinajstić information content (AvgIpc) is 2.38. The second kappa shape index (κ2) is 2.19. The van der Waals surface area contributed by atoms with E-state index in [0.717, 1.165) is 0 Å². The lowest BCUT2D eigenvalue weighted by Gasteiger charge is -2.28. The van der Waals surface area contributed by atoms with E-state index in [-0.39, 0.29) is 11.9 Å². The first-order valence-corrected chi connectivity index (χ1v) is 4.16. The SMILES string of the molecule is CC1(C)OC(F)C2CCC(=O)N21. The number of rotatable bonds is 0. The molecule has 0 aromatic rings. The van der Waals surface area contributed by atoms with Gasteiger partial charge in [0.1, 0.15) is 5.72 Å². The topological polar surface area (TPSA) is 29.5 Å². The molecule has 1 amide bonds. The van der Waals surface area contributed by atoms with E-state index < -0.39 is 12.1 Å². The van der Waals surface area contributed by atoms with Gasteiger partial charge in [-0.3, -0.25) is 4.79 Å². The molecule has 2 fully saturated rings. The van der Waals surface area contributed by atoms with E-state index in [9.17, 15) is 9.18 Å². The molecule has 3 nitrogen and oxygen atoms in total. The molecular weight excluding hydrogens is 161 g/mol. The predicted octanol–water partition coefficient (Wildman–Crippen LogP) is 1.04. The fourth-order valence-electron chi connectivity index (χ4n) is 2.06. The molecular formula is C8H12FNO2. The van der Waals surface area contributed by atoms with E-state index in [4.69, 9.17) is 4.74 Å². The van der Waals surface area contributed by atoms with E-state index in [0.29, 0.717) is 12.8 Å². The molecule has 2 atom stereocenters. The number of halogens is 1. The highest BCUT2D eigenvalue weighted by atomic mass is 19.1. The fourth-order valence-corrected chi connectivity index (χ4v) is 2.06. The summed E-state index contributed by atoms with van der Waals surface area (Å²) in [5.41, 5.74) is -0.752. The largest absolute Gasteiger partial charge is 0.320 e. The minimum atomic E-state index is -1.30. The Bertz CT molecular complexity index is 229. The van der Waals surface area contributed by atoms with Crippen molar-refractivity contribution in [3.05, 3.63) is 0 Å². The summed E-state index contributed by atoms with van der Waals surface area (Å²) in [5, 5.41) is 0. The predicted molar refractivity (Wildman–Crippen MR) is 39.9 cm³/mol. The zero-order chi connectivity index (χ0) is 8.93. The van der Waals surface area contributed by atoms with Crippen molar-refractivity contribution in [3.63, 3.8) is 0 Å². The van der Waals surface area contributed by atoms with Crippen LogP contribution in [0.25, 0.3) is 0 Å². The highest BCUT2D eigenvalue weighted by Gasteiger charge is 2.53. The normalized spacial score (nSPS) is 38.9. The molecule has 2 heterocycles. The third kappa shape index (κ3) is 0.874. The van der Waals surface area contributed by atoms with Gasteiger partial charge < -0.3 is 9.64 Å². The Morgan fingerprint density at radius 3 is 2.92 bits per heavy atom. The second-order valence-electron chi connectivity index (χ2n) is 3.79. The number of hydrogen-bond acceptors (Lipinski definition) is 2. The van der Waals surface area contributed by atoms with Crippen LogP contribution in [-0.4, -0.2) is 28.9 Å². The van der Waals surface area contributed by atoms with Crippen molar-refractivity contribution in [1.29, 1.82) is 0 Å². The van der Waals surface area contributed by atoms with Gasteiger partial charge in [0.05, 0.1) is 6.04 Å². The van der Waals surface area contributed by atoms with Crippen LogP contribution in [0.5, 0.6) is 0 Å². The molecule has 2 rings (SSSR count). The standard InChI is InChI=1S/C8H12FNO2/c1-8(2)10-5(7(9)12-8)3-4-6(10)11/h5,7H,3-4H2,1-2H3. The lowest BCUT2D eigenvalue weighted by atomic mass is 10.2. The Morgan fingerprint density at radius 1 is 1.67 bits per heavy atom. The molecule has 0 bridgehead atoms. The molecule has 4 heteroatoms. The van der Waals surface area contributed by atoms with E-state index in [2.05, 4.69) is 0 Å². The van der Waals surface area contributed by atoms with Crippen LogP contribution in [0.1, 0.15) is 26.7 Å². The summed E-state index contributed by atoms with van der Waals surface area (Å²) in [6.07, 6.45) is -0.257. The Hall–Kier alpha value is -0.640. The number of nitrogens with zero attached hydrogens (tertiary/aromatic N) is 1. The van der Waals surface area contributed by atoms with Gasteiger partial charge in [-0.1, -0.05) is 0 Å². The van der Waals surface area contributed by atoms with Crippen LogP contribution in [0.3, 0.4) is 0 Å². The molecule has 0 saturated carbocycles. The summed E-state index contributed by atoms with van der Waals surface area (Å²) in [6, 6.07) is -0.340. The van der Waals surface area contributed by atoms with Crippen LogP contribution in [-0.2, 0) is 9.53 Å². The van der Waals surface area contributed by atoms with Gasteiger partial charge >= 0.3 is 0 Å². The molecule has 12 heavy (non-hydrogen) atoms. The molecule has 2 aliphatic rings. The van der Waals surface area contributed by atoms with Gasteiger partial charge in [0.2, 0.25) is 12.3 Å². The fraction of sp³-hybridized carbons (Fsp3) is 0.875. The van der Waals surface area contributed by atoms with Crippen molar-refractivity contribution in [3.8, 4) is 0 Å². The number of carbonyl (C=O) groups is 1. The summed E-state index contributed by atoms with van der Waals surface area (Å²) in [4.78, 5) is 12.8. The Labute approximate surface area is 70.5 Å². The molecule has 2 unspecified atom stereocenters. The van der Waals surface area contributed by atoms with Crippen LogP contribution in [0.15, 0.2) is 0 Å². The minimum Gasteiger partial charge on any atom is -0.320 e.